The molecule has 0 saturated carbocycles. The van der Waals surface area contributed by atoms with E-state index in [2.05, 4.69) is 9.71 Å². The summed E-state index contributed by atoms with van der Waals surface area (Å²) in [4.78, 5) is 14.2. The third-order valence-electron chi connectivity index (χ3n) is 1.00. The van der Waals surface area contributed by atoms with Crippen molar-refractivity contribution >= 4 is 33.1 Å². The van der Waals surface area contributed by atoms with Crippen molar-refractivity contribution in [1.82, 2.24) is 4.98 Å². The van der Waals surface area contributed by atoms with Gasteiger partial charge in [0, 0.05) is 5.38 Å². The average Bonchev–Trinajstić information content (AvgIpc) is 2.31. The van der Waals surface area contributed by atoms with Crippen molar-refractivity contribution in [2.24, 2.45) is 5.73 Å². The van der Waals surface area contributed by atoms with Gasteiger partial charge in [-0.25, -0.2) is 13.4 Å². The number of hydrogen-bond acceptors (Lipinski definition) is 5. The summed E-state index contributed by atoms with van der Waals surface area (Å²) in [6.07, 6.45) is 0.996. The normalized spacial score (nSPS) is 11.2. The van der Waals surface area contributed by atoms with E-state index >= 15 is 0 Å². The summed E-state index contributed by atoms with van der Waals surface area (Å²) < 4.78 is 23.6. The maximum Gasteiger partial charge on any atom is 0.277 e. The standard InChI is InChI=1S/C5H7N3O3S2/c1-13(10,11)8-3-2-12-5(7-3)4(6)9/h2,8H,1H3,(H2,6,9). The molecule has 13 heavy (non-hydrogen) atoms. The summed E-state index contributed by atoms with van der Waals surface area (Å²) in [7, 11) is -3.35. The van der Waals surface area contributed by atoms with Gasteiger partial charge < -0.3 is 5.73 Å². The molecular formula is C5H7N3O3S2. The molecule has 0 unspecified atom stereocenters. The Morgan fingerprint density at radius 1 is 1.69 bits per heavy atom. The maximum atomic E-state index is 10.7. The molecule has 0 fully saturated rings. The van der Waals surface area contributed by atoms with E-state index in [9.17, 15) is 13.2 Å². The van der Waals surface area contributed by atoms with Crippen molar-refractivity contribution < 1.29 is 13.2 Å². The molecule has 72 valence electrons. The highest BCUT2D eigenvalue weighted by Gasteiger charge is 2.09. The molecule has 0 radical (unpaired) electrons. The molecule has 1 rings (SSSR count). The first-order chi connectivity index (χ1) is 5.88. The number of hydrogen-bond donors (Lipinski definition) is 2. The minimum absolute atomic E-state index is 0.0751. The Balaban J connectivity index is 2.87. The van der Waals surface area contributed by atoms with Crippen LogP contribution in [0.1, 0.15) is 9.80 Å². The molecule has 0 aliphatic rings. The third kappa shape index (κ3) is 2.99. The first kappa shape index (κ1) is 9.93. The highest BCUT2D eigenvalue weighted by Crippen LogP contribution is 2.13. The number of primary amides is 1. The Morgan fingerprint density at radius 3 is 2.69 bits per heavy atom. The molecule has 1 amide bonds. The van der Waals surface area contributed by atoms with E-state index < -0.39 is 15.9 Å². The van der Waals surface area contributed by atoms with Crippen LogP contribution < -0.4 is 10.5 Å². The zero-order chi connectivity index (χ0) is 10.1. The summed E-state index contributed by atoms with van der Waals surface area (Å²) in [5, 5.41) is 1.48. The van der Waals surface area contributed by atoms with Gasteiger partial charge in [0.2, 0.25) is 10.0 Å². The van der Waals surface area contributed by atoms with Gasteiger partial charge in [0.1, 0.15) is 0 Å². The van der Waals surface area contributed by atoms with E-state index in [4.69, 9.17) is 5.73 Å². The minimum Gasteiger partial charge on any atom is -0.364 e. The number of carbonyl (C=O) groups excluding carboxylic acids is 1. The van der Waals surface area contributed by atoms with Crippen LogP contribution in [0.3, 0.4) is 0 Å². The second-order valence-electron chi connectivity index (χ2n) is 2.28. The highest BCUT2D eigenvalue weighted by atomic mass is 32.2. The average molecular weight is 221 g/mol. The van der Waals surface area contributed by atoms with Crippen LogP contribution in [0.5, 0.6) is 0 Å². The first-order valence-electron chi connectivity index (χ1n) is 3.11. The van der Waals surface area contributed by atoms with Crippen molar-refractivity contribution in [2.75, 3.05) is 11.0 Å². The van der Waals surface area contributed by atoms with Crippen LogP contribution >= 0.6 is 11.3 Å². The molecule has 1 aromatic heterocycles. The van der Waals surface area contributed by atoms with Crippen LogP contribution in [0.25, 0.3) is 0 Å². The Bertz CT molecular complexity index is 422. The molecule has 0 aliphatic heterocycles. The lowest BCUT2D eigenvalue weighted by atomic mass is 10.7. The van der Waals surface area contributed by atoms with Crippen molar-refractivity contribution in [3.05, 3.63) is 10.4 Å². The predicted octanol–water partition coefficient (Wildman–Crippen LogP) is -0.387. The molecule has 1 aromatic rings. The fraction of sp³-hybridized carbons (Fsp3) is 0.200. The predicted molar refractivity (Wildman–Crippen MR) is 49.1 cm³/mol. The molecule has 0 aromatic carbocycles. The lowest BCUT2D eigenvalue weighted by Crippen LogP contribution is -2.12. The van der Waals surface area contributed by atoms with Crippen molar-refractivity contribution in [1.29, 1.82) is 0 Å². The SMILES string of the molecule is CS(=O)(=O)Nc1csc(C(N)=O)n1. The van der Waals surface area contributed by atoms with Crippen LogP contribution in [0.15, 0.2) is 5.38 Å². The van der Waals surface area contributed by atoms with E-state index in [0.717, 1.165) is 17.6 Å². The highest BCUT2D eigenvalue weighted by molar-refractivity contribution is 7.92. The van der Waals surface area contributed by atoms with Crippen LogP contribution in [-0.4, -0.2) is 25.6 Å². The van der Waals surface area contributed by atoms with Crippen molar-refractivity contribution in [2.45, 2.75) is 0 Å². The number of thiazole rings is 1. The van der Waals surface area contributed by atoms with Gasteiger partial charge in [-0.1, -0.05) is 0 Å². The van der Waals surface area contributed by atoms with Gasteiger partial charge in [-0.2, -0.15) is 0 Å². The fourth-order valence-corrected chi connectivity index (χ4v) is 1.78. The molecule has 0 bridgehead atoms. The fourth-order valence-electron chi connectivity index (χ4n) is 0.624. The Labute approximate surface area is 78.8 Å². The number of nitrogens with two attached hydrogens (primary N) is 1. The van der Waals surface area contributed by atoms with Gasteiger partial charge in [0.15, 0.2) is 10.8 Å². The summed E-state index contributed by atoms with van der Waals surface area (Å²) >= 11 is 0.986. The molecule has 6 nitrogen and oxygen atoms in total. The number of carbonyl (C=O) groups is 1. The third-order valence-corrected chi connectivity index (χ3v) is 2.44. The minimum atomic E-state index is -3.35. The molecule has 0 saturated heterocycles. The molecule has 0 aliphatic carbocycles. The summed E-state index contributed by atoms with van der Waals surface area (Å²) in [6, 6.07) is 0. The zero-order valence-electron chi connectivity index (χ0n) is 6.64. The van der Waals surface area contributed by atoms with E-state index in [1.165, 1.54) is 5.38 Å². The monoisotopic (exact) mass is 221 g/mol. The number of aromatic nitrogens is 1. The lowest BCUT2D eigenvalue weighted by molar-refractivity contribution is 0.1000. The Kier molecular flexibility index (Phi) is 2.52. The van der Waals surface area contributed by atoms with Crippen LogP contribution in [0, 0.1) is 0 Å². The van der Waals surface area contributed by atoms with Crippen molar-refractivity contribution in [3.8, 4) is 0 Å². The Morgan fingerprint density at radius 2 is 2.31 bits per heavy atom. The molecule has 8 heteroatoms. The van der Waals surface area contributed by atoms with Gasteiger partial charge in [0.05, 0.1) is 6.26 Å². The number of nitrogens with zero attached hydrogens (tertiary/aromatic N) is 1. The second-order valence-corrected chi connectivity index (χ2v) is 4.88. The van der Waals surface area contributed by atoms with E-state index in [-0.39, 0.29) is 10.8 Å². The van der Waals surface area contributed by atoms with Gasteiger partial charge in [-0.05, 0) is 0 Å². The topological polar surface area (TPSA) is 102 Å². The first-order valence-corrected chi connectivity index (χ1v) is 5.89. The van der Waals surface area contributed by atoms with Gasteiger partial charge >= 0.3 is 0 Å². The number of sulfonamides is 1. The molecular weight excluding hydrogens is 214 g/mol. The van der Waals surface area contributed by atoms with Crippen LogP contribution in [0.2, 0.25) is 0 Å². The second kappa shape index (κ2) is 3.30. The van der Waals surface area contributed by atoms with Crippen molar-refractivity contribution in [3.63, 3.8) is 0 Å². The molecule has 3 N–H and O–H groups in total. The van der Waals surface area contributed by atoms with E-state index in [0.29, 0.717) is 0 Å². The van der Waals surface area contributed by atoms with Gasteiger partial charge in [-0.15, -0.1) is 11.3 Å². The van der Waals surface area contributed by atoms with Crippen LogP contribution in [0.4, 0.5) is 5.82 Å². The molecule has 0 atom stereocenters. The summed E-state index contributed by atoms with van der Waals surface area (Å²) in [5.74, 6) is -0.562. The van der Waals surface area contributed by atoms with Crippen LogP contribution in [-0.2, 0) is 10.0 Å². The maximum absolute atomic E-state index is 10.7. The quantitative estimate of drug-likeness (QED) is 0.725. The zero-order valence-corrected chi connectivity index (χ0v) is 8.28. The molecule has 1 heterocycles. The molecule has 0 spiro atoms. The number of amides is 1. The summed E-state index contributed by atoms with van der Waals surface area (Å²) in [6.45, 7) is 0. The Hall–Kier alpha value is -1.15. The van der Waals surface area contributed by atoms with E-state index in [1.54, 1.807) is 0 Å². The number of rotatable bonds is 3. The van der Waals surface area contributed by atoms with E-state index in [1.807, 2.05) is 0 Å². The van der Waals surface area contributed by atoms with Gasteiger partial charge in [-0.3, -0.25) is 9.52 Å². The summed E-state index contributed by atoms with van der Waals surface area (Å²) in [5.41, 5.74) is 4.92. The largest absolute Gasteiger partial charge is 0.364 e. The number of nitrogens with one attached hydrogen (secondary N) is 1. The smallest absolute Gasteiger partial charge is 0.277 e. The van der Waals surface area contributed by atoms with Gasteiger partial charge in [0.25, 0.3) is 5.91 Å². The number of anilines is 1. The lowest BCUT2D eigenvalue weighted by Gasteiger charge is -1.96.